The van der Waals surface area contributed by atoms with Crippen molar-refractivity contribution >= 4 is 0 Å². The number of phenolic OH excluding ortho intramolecular Hbond substituents is 1. The van der Waals surface area contributed by atoms with Gasteiger partial charge >= 0.3 is 0 Å². The summed E-state index contributed by atoms with van der Waals surface area (Å²) in [6.45, 7) is 9.60. The van der Waals surface area contributed by atoms with Crippen molar-refractivity contribution in [2.45, 2.75) is 33.6 Å². The standard InChI is InChI=1S/C17H29NO2/c1-14(2)5-6-15(3)13-18(4)11-12-20-17-9-7-16(19)8-10-17/h7-10,14-15,19H,5-6,11-13H2,1-4H3. The van der Waals surface area contributed by atoms with Gasteiger partial charge in [0.25, 0.3) is 0 Å². The molecule has 1 atom stereocenters. The Bertz CT molecular complexity index is 362. The topological polar surface area (TPSA) is 32.7 Å². The first-order chi connectivity index (χ1) is 9.47. The smallest absolute Gasteiger partial charge is 0.119 e. The average Bonchev–Trinajstić information content (AvgIpc) is 2.38. The molecule has 0 fully saturated rings. The van der Waals surface area contributed by atoms with E-state index in [1.165, 1.54) is 12.8 Å². The van der Waals surface area contributed by atoms with E-state index in [9.17, 15) is 5.11 Å². The summed E-state index contributed by atoms with van der Waals surface area (Å²) in [6.07, 6.45) is 2.60. The van der Waals surface area contributed by atoms with Crippen LogP contribution in [0, 0.1) is 11.8 Å². The van der Waals surface area contributed by atoms with Gasteiger partial charge in [-0.2, -0.15) is 0 Å². The third-order valence-electron chi connectivity index (χ3n) is 3.44. The summed E-state index contributed by atoms with van der Waals surface area (Å²) in [4.78, 5) is 2.32. The first kappa shape index (κ1) is 16.8. The maximum absolute atomic E-state index is 9.20. The van der Waals surface area contributed by atoms with E-state index in [-0.39, 0.29) is 5.75 Å². The molecule has 0 saturated carbocycles. The van der Waals surface area contributed by atoms with Crippen molar-refractivity contribution in [3.8, 4) is 11.5 Å². The molecule has 20 heavy (non-hydrogen) atoms. The lowest BCUT2D eigenvalue weighted by Gasteiger charge is -2.22. The quantitative estimate of drug-likeness (QED) is 0.747. The van der Waals surface area contributed by atoms with Crippen LogP contribution in [0.3, 0.4) is 0 Å². The Kier molecular flexibility index (Phi) is 7.45. The molecule has 0 amide bonds. The summed E-state index contributed by atoms with van der Waals surface area (Å²) >= 11 is 0. The highest BCUT2D eigenvalue weighted by Gasteiger charge is 2.07. The van der Waals surface area contributed by atoms with Crippen LogP contribution in [-0.4, -0.2) is 36.8 Å². The lowest BCUT2D eigenvalue weighted by Crippen LogP contribution is -2.29. The van der Waals surface area contributed by atoms with Gasteiger partial charge in [0.15, 0.2) is 0 Å². The second-order valence-electron chi connectivity index (χ2n) is 6.18. The number of benzene rings is 1. The van der Waals surface area contributed by atoms with Crippen LogP contribution in [-0.2, 0) is 0 Å². The molecule has 1 aromatic rings. The highest BCUT2D eigenvalue weighted by molar-refractivity contribution is 5.29. The van der Waals surface area contributed by atoms with E-state index in [0.717, 1.165) is 30.7 Å². The van der Waals surface area contributed by atoms with Crippen molar-refractivity contribution < 1.29 is 9.84 Å². The highest BCUT2D eigenvalue weighted by Crippen LogP contribution is 2.16. The van der Waals surface area contributed by atoms with Crippen molar-refractivity contribution in [2.75, 3.05) is 26.7 Å². The minimum Gasteiger partial charge on any atom is -0.508 e. The summed E-state index contributed by atoms with van der Waals surface area (Å²) in [5.41, 5.74) is 0. The van der Waals surface area contributed by atoms with Crippen LogP contribution in [0.25, 0.3) is 0 Å². The summed E-state index contributed by atoms with van der Waals surface area (Å²) in [6, 6.07) is 6.88. The summed E-state index contributed by atoms with van der Waals surface area (Å²) in [7, 11) is 2.14. The zero-order chi connectivity index (χ0) is 15.0. The zero-order valence-corrected chi connectivity index (χ0v) is 13.3. The molecule has 114 valence electrons. The van der Waals surface area contributed by atoms with Crippen molar-refractivity contribution in [3.63, 3.8) is 0 Å². The fraction of sp³-hybridized carbons (Fsp3) is 0.647. The molecule has 0 heterocycles. The van der Waals surface area contributed by atoms with Crippen LogP contribution in [0.15, 0.2) is 24.3 Å². The highest BCUT2D eigenvalue weighted by atomic mass is 16.5. The summed E-state index contributed by atoms with van der Waals surface area (Å²) in [5.74, 6) is 2.61. The monoisotopic (exact) mass is 279 g/mol. The minimum atomic E-state index is 0.272. The van der Waals surface area contributed by atoms with E-state index in [1.807, 2.05) is 0 Å². The van der Waals surface area contributed by atoms with E-state index in [2.05, 4.69) is 32.7 Å². The van der Waals surface area contributed by atoms with Crippen molar-refractivity contribution in [2.24, 2.45) is 11.8 Å². The van der Waals surface area contributed by atoms with Gasteiger partial charge in [-0.05, 0) is 49.6 Å². The lowest BCUT2D eigenvalue weighted by atomic mass is 9.99. The number of ether oxygens (including phenoxy) is 1. The summed E-state index contributed by atoms with van der Waals surface area (Å²) in [5, 5.41) is 9.20. The van der Waals surface area contributed by atoms with Crippen molar-refractivity contribution in [3.05, 3.63) is 24.3 Å². The van der Waals surface area contributed by atoms with Gasteiger partial charge in [0.05, 0.1) is 0 Å². The molecule has 3 heteroatoms. The fourth-order valence-electron chi connectivity index (χ4n) is 2.19. The van der Waals surface area contributed by atoms with Crippen LogP contribution in [0.2, 0.25) is 0 Å². The molecule has 1 aromatic carbocycles. The predicted molar refractivity (Wildman–Crippen MR) is 84.3 cm³/mol. The Morgan fingerprint density at radius 1 is 1.10 bits per heavy atom. The molecule has 0 aliphatic heterocycles. The molecule has 3 nitrogen and oxygen atoms in total. The molecule has 1 N–H and O–H groups in total. The fourth-order valence-corrected chi connectivity index (χ4v) is 2.19. The molecule has 0 radical (unpaired) electrons. The number of phenols is 1. The van der Waals surface area contributed by atoms with Gasteiger partial charge in [-0.15, -0.1) is 0 Å². The van der Waals surface area contributed by atoms with Crippen LogP contribution < -0.4 is 4.74 Å². The first-order valence-corrected chi connectivity index (χ1v) is 7.57. The van der Waals surface area contributed by atoms with Crippen molar-refractivity contribution in [1.29, 1.82) is 0 Å². The number of likely N-dealkylation sites (N-methyl/N-ethyl adjacent to an activating group) is 1. The molecular weight excluding hydrogens is 250 g/mol. The van der Waals surface area contributed by atoms with E-state index >= 15 is 0 Å². The first-order valence-electron chi connectivity index (χ1n) is 7.57. The minimum absolute atomic E-state index is 0.272. The Morgan fingerprint density at radius 3 is 2.35 bits per heavy atom. The van der Waals surface area contributed by atoms with Gasteiger partial charge in [0.1, 0.15) is 18.1 Å². The zero-order valence-electron chi connectivity index (χ0n) is 13.3. The summed E-state index contributed by atoms with van der Waals surface area (Å²) < 4.78 is 5.66. The van der Waals surface area contributed by atoms with Gasteiger partial charge in [-0.1, -0.05) is 27.2 Å². The second kappa shape index (κ2) is 8.85. The van der Waals surface area contributed by atoms with Gasteiger partial charge in [-0.3, -0.25) is 0 Å². The molecule has 0 aromatic heterocycles. The number of aromatic hydroxyl groups is 1. The Hall–Kier alpha value is -1.22. The average molecular weight is 279 g/mol. The maximum Gasteiger partial charge on any atom is 0.119 e. The normalized spacial score (nSPS) is 12.9. The Labute approximate surface area is 123 Å². The lowest BCUT2D eigenvalue weighted by molar-refractivity contribution is 0.213. The van der Waals surface area contributed by atoms with E-state index in [1.54, 1.807) is 24.3 Å². The van der Waals surface area contributed by atoms with Crippen LogP contribution >= 0.6 is 0 Å². The number of hydrogen-bond donors (Lipinski definition) is 1. The number of hydrogen-bond acceptors (Lipinski definition) is 3. The van der Waals surface area contributed by atoms with Gasteiger partial charge < -0.3 is 14.7 Å². The van der Waals surface area contributed by atoms with Crippen molar-refractivity contribution in [1.82, 2.24) is 4.90 Å². The molecule has 0 saturated heterocycles. The number of nitrogens with zero attached hydrogens (tertiary/aromatic N) is 1. The van der Waals surface area contributed by atoms with E-state index in [0.29, 0.717) is 6.61 Å². The van der Waals surface area contributed by atoms with Crippen LogP contribution in [0.4, 0.5) is 0 Å². The van der Waals surface area contributed by atoms with E-state index < -0.39 is 0 Å². The molecule has 0 aliphatic rings. The van der Waals surface area contributed by atoms with Gasteiger partial charge in [-0.25, -0.2) is 0 Å². The molecule has 0 aliphatic carbocycles. The second-order valence-corrected chi connectivity index (χ2v) is 6.18. The van der Waals surface area contributed by atoms with Gasteiger partial charge in [0.2, 0.25) is 0 Å². The van der Waals surface area contributed by atoms with E-state index in [4.69, 9.17) is 4.74 Å². The van der Waals surface area contributed by atoms with Crippen LogP contribution in [0.1, 0.15) is 33.6 Å². The SMILES string of the molecule is CC(C)CCC(C)CN(C)CCOc1ccc(O)cc1. The molecule has 0 spiro atoms. The van der Waals surface area contributed by atoms with Gasteiger partial charge in [0, 0.05) is 13.1 Å². The Balaban J connectivity index is 2.16. The Morgan fingerprint density at radius 2 is 1.75 bits per heavy atom. The maximum atomic E-state index is 9.20. The number of rotatable bonds is 9. The molecule has 1 rings (SSSR count). The largest absolute Gasteiger partial charge is 0.508 e. The third-order valence-corrected chi connectivity index (χ3v) is 3.44. The van der Waals surface area contributed by atoms with Crippen LogP contribution in [0.5, 0.6) is 11.5 Å². The molecular formula is C17H29NO2. The molecule has 0 bridgehead atoms. The molecule has 1 unspecified atom stereocenters. The predicted octanol–water partition coefficient (Wildman–Crippen LogP) is 3.78. The third kappa shape index (κ3) is 7.39.